The van der Waals surface area contributed by atoms with Crippen molar-refractivity contribution >= 4 is 28.6 Å². The molecule has 0 bridgehead atoms. The maximum absolute atomic E-state index is 11.4. The number of rotatable bonds is 3. The van der Waals surface area contributed by atoms with Crippen molar-refractivity contribution < 1.29 is 14.6 Å². The van der Waals surface area contributed by atoms with E-state index in [1.165, 1.54) is 0 Å². The molecule has 1 saturated carbocycles. The molecule has 26 heavy (non-hydrogen) atoms. The van der Waals surface area contributed by atoms with Crippen molar-refractivity contribution in [1.82, 2.24) is 9.97 Å². The summed E-state index contributed by atoms with van der Waals surface area (Å²) in [5.41, 5.74) is 1.77. The van der Waals surface area contributed by atoms with Crippen LogP contribution < -0.4 is 9.80 Å². The highest BCUT2D eigenvalue weighted by molar-refractivity contribution is 5.81. The van der Waals surface area contributed by atoms with Crippen molar-refractivity contribution in [3.8, 4) is 0 Å². The Kier molecular flexibility index (Phi) is 3.70. The van der Waals surface area contributed by atoms with Crippen molar-refractivity contribution in [3.05, 3.63) is 24.3 Å². The van der Waals surface area contributed by atoms with Gasteiger partial charge in [-0.25, -0.2) is 9.97 Å². The second-order valence-corrected chi connectivity index (χ2v) is 7.39. The Morgan fingerprint density at radius 1 is 1.00 bits per heavy atom. The Balaban J connectivity index is 1.52. The van der Waals surface area contributed by atoms with E-state index in [2.05, 4.69) is 9.80 Å². The summed E-state index contributed by atoms with van der Waals surface area (Å²) in [6.45, 7) is 4.59. The van der Waals surface area contributed by atoms with Crippen molar-refractivity contribution in [2.24, 2.45) is 17.8 Å². The predicted octanol–water partition coefficient (Wildman–Crippen LogP) is 1.62. The minimum Gasteiger partial charge on any atom is -0.481 e. The molecule has 1 aliphatic carbocycles. The smallest absolute Gasteiger partial charge is 0.307 e. The predicted molar refractivity (Wildman–Crippen MR) is 97.5 cm³/mol. The van der Waals surface area contributed by atoms with Crippen molar-refractivity contribution in [3.63, 3.8) is 0 Å². The zero-order valence-corrected chi connectivity index (χ0v) is 14.5. The van der Waals surface area contributed by atoms with Crippen LogP contribution in [-0.2, 0) is 9.53 Å². The molecule has 0 spiro atoms. The first-order valence-electron chi connectivity index (χ1n) is 9.29. The number of ether oxygens (including phenoxy) is 1. The molecule has 0 amide bonds. The number of fused-ring (bicyclic) bond motifs is 2. The van der Waals surface area contributed by atoms with Gasteiger partial charge in [0.1, 0.15) is 0 Å². The molecule has 3 fully saturated rings. The van der Waals surface area contributed by atoms with Gasteiger partial charge in [-0.2, -0.15) is 0 Å². The Morgan fingerprint density at radius 2 is 1.65 bits per heavy atom. The van der Waals surface area contributed by atoms with Gasteiger partial charge in [0.05, 0.1) is 30.2 Å². The number of carboxylic acids is 1. The van der Waals surface area contributed by atoms with Gasteiger partial charge in [0.25, 0.3) is 0 Å². The van der Waals surface area contributed by atoms with Crippen LogP contribution in [0.1, 0.15) is 6.42 Å². The molecule has 3 heterocycles. The second-order valence-electron chi connectivity index (χ2n) is 7.39. The molecule has 2 aromatic rings. The lowest BCUT2D eigenvalue weighted by molar-refractivity contribution is -0.139. The van der Waals surface area contributed by atoms with E-state index in [0.29, 0.717) is 19.1 Å². The molecule has 7 nitrogen and oxygen atoms in total. The van der Waals surface area contributed by atoms with Gasteiger partial charge in [0.2, 0.25) is 0 Å². The number of para-hydroxylation sites is 2. The molecule has 3 aliphatic rings. The fourth-order valence-corrected chi connectivity index (χ4v) is 4.48. The van der Waals surface area contributed by atoms with Gasteiger partial charge in [0.15, 0.2) is 11.6 Å². The van der Waals surface area contributed by atoms with Gasteiger partial charge in [-0.3, -0.25) is 4.79 Å². The first-order valence-corrected chi connectivity index (χ1v) is 9.29. The maximum Gasteiger partial charge on any atom is 0.307 e. The van der Waals surface area contributed by atoms with E-state index in [1.54, 1.807) is 0 Å². The summed E-state index contributed by atoms with van der Waals surface area (Å²) in [5, 5.41) is 9.37. The van der Waals surface area contributed by atoms with Gasteiger partial charge >= 0.3 is 5.97 Å². The van der Waals surface area contributed by atoms with Crippen LogP contribution in [0.3, 0.4) is 0 Å². The molecule has 3 atom stereocenters. The number of hydrogen-bond donors (Lipinski definition) is 1. The Bertz CT molecular complexity index is 852. The standard InChI is InChI=1S/C19H22N4O3/c24-19(25)16-12-5-6-23(11-13(12)16)18-17(22-7-9-26-10-8-22)20-14-3-1-2-4-15(14)21-18/h1-4,12-13,16H,5-11H2,(H,24,25)/t12-,13+,16-/m1/s1. The minimum atomic E-state index is -0.653. The average molecular weight is 354 g/mol. The van der Waals surface area contributed by atoms with Crippen LogP contribution in [0.2, 0.25) is 0 Å². The fourth-order valence-electron chi connectivity index (χ4n) is 4.48. The highest BCUT2D eigenvalue weighted by Crippen LogP contribution is 2.52. The number of hydrogen-bond acceptors (Lipinski definition) is 6. The highest BCUT2D eigenvalue weighted by atomic mass is 16.5. The van der Waals surface area contributed by atoms with Gasteiger partial charge in [-0.05, 0) is 30.4 Å². The fraction of sp³-hybridized carbons (Fsp3) is 0.526. The van der Waals surface area contributed by atoms with E-state index in [4.69, 9.17) is 14.7 Å². The van der Waals surface area contributed by atoms with Gasteiger partial charge in [-0.1, -0.05) is 12.1 Å². The number of benzene rings is 1. The van der Waals surface area contributed by atoms with E-state index in [9.17, 15) is 9.90 Å². The number of nitrogens with zero attached hydrogens (tertiary/aromatic N) is 4. The van der Waals surface area contributed by atoms with E-state index in [0.717, 1.165) is 55.3 Å². The molecule has 5 rings (SSSR count). The van der Waals surface area contributed by atoms with E-state index in [1.807, 2.05) is 24.3 Å². The molecule has 1 N–H and O–H groups in total. The zero-order chi connectivity index (χ0) is 17.7. The Morgan fingerprint density at radius 3 is 2.31 bits per heavy atom. The molecule has 0 unspecified atom stereocenters. The molecule has 2 saturated heterocycles. The van der Waals surface area contributed by atoms with E-state index in [-0.39, 0.29) is 11.8 Å². The lowest BCUT2D eigenvalue weighted by Gasteiger charge is -2.34. The summed E-state index contributed by atoms with van der Waals surface area (Å²) >= 11 is 0. The minimum absolute atomic E-state index is 0.180. The zero-order valence-electron chi connectivity index (χ0n) is 14.5. The monoisotopic (exact) mass is 354 g/mol. The van der Waals surface area contributed by atoms with Gasteiger partial charge in [-0.15, -0.1) is 0 Å². The number of aliphatic carboxylic acids is 1. The number of morpholine rings is 1. The summed E-state index contributed by atoms with van der Waals surface area (Å²) < 4.78 is 5.49. The first kappa shape index (κ1) is 15.8. The summed E-state index contributed by atoms with van der Waals surface area (Å²) in [5.74, 6) is 1.54. The Labute approximate surface area is 151 Å². The normalized spacial score (nSPS) is 28.1. The van der Waals surface area contributed by atoms with E-state index >= 15 is 0 Å². The number of piperidine rings is 1. The summed E-state index contributed by atoms with van der Waals surface area (Å²) in [4.78, 5) is 25.7. The number of carbonyl (C=O) groups is 1. The van der Waals surface area contributed by atoms with Crippen LogP contribution in [0.25, 0.3) is 11.0 Å². The first-order chi connectivity index (χ1) is 12.7. The SMILES string of the molecule is O=C(O)[C@@H]1[C@@H]2CCN(c3nc4ccccc4nc3N3CCOCC3)C[C@@H]21. The largest absolute Gasteiger partial charge is 0.481 e. The summed E-state index contributed by atoms with van der Waals surface area (Å²) in [6.07, 6.45) is 0.915. The second kappa shape index (κ2) is 6.09. The number of aromatic nitrogens is 2. The molecule has 136 valence electrons. The van der Waals surface area contributed by atoms with Crippen LogP contribution >= 0.6 is 0 Å². The average Bonchev–Trinajstić information content (AvgIpc) is 3.41. The highest BCUT2D eigenvalue weighted by Gasteiger charge is 2.57. The lowest BCUT2D eigenvalue weighted by atomic mass is 10.1. The van der Waals surface area contributed by atoms with Crippen LogP contribution in [0.4, 0.5) is 11.6 Å². The van der Waals surface area contributed by atoms with Crippen molar-refractivity contribution in [2.75, 3.05) is 49.2 Å². The van der Waals surface area contributed by atoms with Crippen LogP contribution in [0.15, 0.2) is 24.3 Å². The van der Waals surface area contributed by atoms with Crippen molar-refractivity contribution in [1.29, 1.82) is 0 Å². The van der Waals surface area contributed by atoms with Crippen LogP contribution in [0.5, 0.6) is 0 Å². The molecule has 2 aliphatic heterocycles. The lowest BCUT2D eigenvalue weighted by Crippen LogP contribution is -2.39. The van der Waals surface area contributed by atoms with Crippen LogP contribution in [-0.4, -0.2) is 60.4 Å². The topological polar surface area (TPSA) is 78.8 Å². The van der Waals surface area contributed by atoms with Crippen LogP contribution in [0, 0.1) is 17.8 Å². The molecular formula is C19H22N4O3. The Hall–Kier alpha value is -2.41. The van der Waals surface area contributed by atoms with Gasteiger partial charge < -0.3 is 19.6 Å². The molecule has 1 aromatic carbocycles. The summed E-state index contributed by atoms with van der Waals surface area (Å²) in [7, 11) is 0. The number of carboxylic acid groups (broad SMARTS) is 1. The maximum atomic E-state index is 11.4. The third kappa shape index (κ3) is 2.58. The molecular weight excluding hydrogens is 332 g/mol. The third-order valence-corrected chi connectivity index (χ3v) is 5.92. The third-order valence-electron chi connectivity index (χ3n) is 5.92. The van der Waals surface area contributed by atoms with Gasteiger partial charge in [0, 0.05) is 26.2 Å². The summed E-state index contributed by atoms with van der Waals surface area (Å²) in [6, 6.07) is 7.93. The van der Waals surface area contributed by atoms with Crippen molar-refractivity contribution in [2.45, 2.75) is 6.42 Å². The van der Waals surface area contributed by atoms with E-state index < -0.39 is 5.97 Å². The quantitative estimate of drug-likeness (QED) is 0.897. The molecule has 7 heteroatoms. The number of anilines is 2. The molecule has 1 aromatic heterocycles. The molecule has 0 radical (unpaired) electrons.